The van der Waals surface area contributed by atoms with Gasteiger partial charge >= 0.3 is 0 Å². The predicted octanol–water partition coefficient (Wildman–Crippen LogP) is 3.50. The van der Waals surface area contributed by atoms with Crippen LogP contribution >= 0.6 is 24.0 Å². The van der Waals surface area contributed by atoms with E-state index in [0.29, 0.717) is 18.5 Å². The van der Waals surface area contributed by atoms with Gasteiger partial charge in [-0.05, 0) is 50.4 Å². The number of halogens is 1. The first kappa shape index (κ1) is 24.8. The largest absolute Gasteiger partial charge is 0.497 e. The van der Waals surface area contributed by atoms with Crippen molar-refractivity contribution in [2.24, 2.45) is 10.9 Å². The smallest absolute Gasteiger partial charge is 0.191 e. The van der Waals surface area contributed by atoms with Crippen LogP contribution in [0.3, 0.4) is 0 Å². The van der Waals surface area contributed by atoms with Crippen molar-refractivity contribution in [3.8, 4) is 11.5 Å². The topological polar surface area (TPSA) is 58.1 Å². The number of hydrogen-bond acceptors (Lipinski definition) is 4. The average molecular weight is 504 g/mol. The minimum atomic E-state index is 0. The van der Waals surface area contributed by atoms with Crippen LogP contribution in [0.1, 0.15) is 38.7 Å². The zero-order chi connectivity index (χ0) is 19.6. The molecule has 6 nitrogen and oxygen atoms in total. The summed E-state index contributed by atoms with van der Waals surface area (Å²) in [6, 6.07) is 6.42. The lowest BCUT2D eigenvalue weighted by molar-refractivity contribution is 0.213. The zero-order valence-corrected chi connectivity index (χ0v) is 20.3. The molecule has 2 N–H and O–H groups in total. The molecule has 2 rings (SSSR count). The van der Waals surface area contributed by atoms with E-state index in [1.54, 1.807) is 14.2 Å². The SMILES string of the molecule is CN=C(NCc1ccc(OC)cc1OC)NCC(CC(C)C)N1CCCC1.I. The van der Waals surface area contributed by atoms with E-state index in [2.05, 4.69) is 34.4 Å². The molecule has 0 spiro atoms. The maximum atomic E-state index is 5.48. The van der Waals surface area contributed by atoms with Gasteiger partial charge in [0, 0.05) is 37.8 Å². The standard InChI is InChI=1S/C21H36N4O2.HI/c1-16(2)12-18(25-10-6-7-11-25)15-24-21(22-3)23-14-17-8-9-19(26-4)13-20(17)27-5;/h8-9,13,16,18H,6-7,10-12,14-15H2,1-5H3,(H2,22,23,24);1H. The Kier molecular flexibility index (Phi) is 11.6. The fourth-order valence-electron chi connectivity index (χ4n) is 3.62. The van der Waals surface area contributed by atoms with Crippen molar-refractivity contribution in [3.63, 3.8) is 0 Å². The van der Waals surface area contributed by atoms with Crippen LogP contribution in [0.4, 0.5) is 0 Å². The highest BCUT2D eigenvalue weighted by Gasteiger charge is 2.22. The molecule has 1 heterocycles. The van der Waals surface area contributed by atoms with Gasteiger partial charge in [0.15, 0.2) is 5.96 Å². The van der Waals surface area contributed by atoms with Crippen LogP contribution < -0.4 is 20.1 Å². The quantitative estimate of drug-likeness (QED) is 0.307. The number of hydrogen-bond donors (Lipinski definition) is 2. The van der Waals surface area contributed by atoms with Gasteiger partial charge in [0.05, 0.1) is 14.2 Å². The van der Waals surface area contributed by atoms with Crippen LogP contribution in [-0.4, -0.2) is 57.8 Å². The highest BCUT2D eigenvalue weighted by Crippen LogP contribution is 2.24. The fourth-order valence-corrected chi connectivity index (χ4v) is 3.62. The third-order valence-electron chi connectivity index (χ3n) is 5.07. The van der Waals surface area contributed by atoms with Crippen LogP contribution in [-0.2, 0) is 6.54 Å². The van der Waals surface area contributed by atoms with Gasteiger partial charge in [-0.25, -0.2) is 0 Å². The molecule has 1 aromatic carbocycles. The molecular weight excluding hydrogens is 467 g/mol. The van der Waals surface area contributed by atoms with Crippen LogP contribution in [0.5, 0.6) is 11.5 Å². The van der Waals surface area contributed by atoms with E-state index >= 15 is 0 Å². The molecule has 1 aliphatic rings. The van der Waals surface area contributed by atoms with Gasteiger partial charge in [-0.2, -0.15) is 0 Å². The first-order valence-corrected chi connectivity index (χ1v) is 9.96. The molecule has 0 saturated carbocycles. The fraction of sp³-hybridized carbons (Fsp3) is 0.667. The van der Waals surface area contributed by atoms with E-state index in [-0.39, 0.29) is 24.0 Å². The van der Waals surface area contributed by atoms with Gasteiger partial charge in [0.2, 0.25) is 0 Å². The molecule has 0 bridgehead atoms. The molecule has 1 saturated heterocycles. The second-order valence-corrected chi connectivity index (χ2v) is 7.51. The number of methoxy groups -OCH3 is 2. The third kappa shape index (κ3) is 7.66. The molecule has 1 aliphatic heterocycles. The number of likely N-dealkylation sites (tertiary alicyclic amines) is 1. The summed E-state index contributed by atoms with van der Waals surface area (Å²) in [7, 11) is 5.15. The van der Waals surface area contributed by atoms with Crippen molar-refractivity contribution in [2.45, 2.75) is 45.7 Å². The molecule has 0 aromatic heterocycles. The number of benzene rings is 1. The van der Waals surface area contributed by atoms with E-state index < -0.39 is 0 Å². The Morgan fingerprint density at radius 2 is 1.86 bits per heavy atom. The van der Waals surface area contributed by atoms with Crippen LogP contribution in [0, 0.1) is 5.92 Å². The van der Waals surface area contributed by atoms with E-state index in [4.69, 9.17) is 9.47 Å². The number of nitrogens with one attached hydrogen (secondary N) is 2. The lowest BCUT2D eigenvalue weighted by Gasteiger charge is -2.29. The molecule has 0 radical (unpaired) electrons. The van der Waals surface area contributed by atoms with Crippen molar-refractivity contribution in [1.29, 1.82) is 0 Å². The molecule has 1 aromatic rings. The molecular formula is C21H37IN4O2. The number of guanidine groups is 1. The highest BCUT2D eigenvalue weighted by molar-refractivity contribution is 14.0. The number of aliphatic imine (C=N–C) groups is 1. The molecule has 0 aliphatic carbocycles. The highest BCUT2D eigenvalue weighted by atomic mass is 127. The second kappa shape index (κ2) is 13.1. The maximum absolute atomic E-state index is 5.48. The van der Waals surface area contributed by atoms with Gasteiger partial charge in [0.1, 0.15) is 11.5 Å². The number of ether oxygens (including phenoxy) is 2. The molecule has 1 unspecified atom stereocenters. The van der Waals surface area contributed by atoms with E-state index in [1.807, 2.05) is 25.2 Å². The Bertz CT molecular complexity index is 604. The van der Waals surface area contributed by atoms with Crippen LogP contribution in [0.15, 0.2) is 23.2 Å². The van der Waals surface area contributed by atoms with Crippen molar-refractivity contribution in [1.82, 2.24) is 15.5 Å². The van der Waals surface area contributed by atoms with Crippen molar-refractivity contribution in [2.75, 3.05) is 40.9 Å². The Balaban J connectivity index is 0.00000392. The molecule has 28 heavy (non-hydrogen) atoms. The second-order valence-electron chi connectivity index (χ2n) is 7.51. The molecule has 0 amide bonds. The molecule has 7 heteroatoms. The zero-order valence-electron chi connectivity index (χ0n) is 18.0. The Morgan fingerprint density at radius 3 is 2.43 bits per heavy atom. The summed E-state index contributed by atoms with van der Waals surface area (Å²) in [5, 5.41) is 6.91. The van der Waals surface area contributed by atoms with E-state index in [1.165, 1.54) is 32.4 Å². The van der Waals surface area contributed by atoms with Crippen LogP contribution in [0.25, 0.3) is 0 Å². The minimum absolute atomic E-state index is 0. The lowest BCUT2D eigenvalue weighted by Crippen LogP contribution is -2.46. The van der Waals surface area contributed by atoms with Gasteiger partial charge in [0.25, 0.3) is 0 Å². The number of nitrogens with zero attached hydrogens (tertiary/aromatic N) is 2. The third-order valence-corrected chi connectivity index (χ3v) is 5.07. The Morgan fingerprint density at radius 1 is 1.14 bits per heavy atom. The van der Waals surface area contributed by atoms with Gasteiger partial charge < -0.3 is 20.1 Å². The van der Waals surface area contributed by atoms with Gasteiger partial charge in [-0.1, -0.05) is 13.8 Å². The molecule has 160 valence electrons. The molecule has 1 fully saturated rings. The monoisotopic (exact) mass is 504 g/mol. The Hall–Kier alpha value is -1.22. The lowest BCUT2D eigenvalue weighted by atomic mass is 10.0. The minimum Gasteiger partial charge on any atom is -0.497 e. The summed E-state index contributed by atoms with van der Waals surface area (Å²) in [5.41, 5.74) is 1.07. The normalized spacial score (nSPS) is 15.9. The summed E-state index contributed by atoms with van der Waals surface area (Å²) >= 11 is 0. The average Bonchev–Trinajstić information content (AvgIpc) is 3.21. The van der Waals surface area contributed by atoms with Crippen molar-refractivity contribution in [3.05, 3.63) is 23.8 Å². The molecule has 1 atom stereocenters. The van der Waals surface area contributed by atoms with Crippen molar-refractivity contribution >= 4 is 29.9 Å². The van der Waals surface area contributed by atoms with Crippen LogP contribution in [0.2, 0.25) is 0 Å². The maximum Gasteiger partial charge on any atom is 0.191 e. The first-order chi connectivity index (χ1) is 13.1. The van der Waals surface area contributed by atoms with Gasteiger partial charge in [-0.15, -0.1) is 24.0 Å². The van der Waals surface area contributed by atoms with Gasteiger partial charge in [-0.3, -0.25) is 9.89 Å². The first-order valence-electron chi connectivity index (χ1n) is 9.96. The van der Waals surface area contributed by atoms with Crippen molar-refractivity contribution < 1.29 is 9.47 Å². The summed E-state index contributed by atoms with van der Waals surface area (Å²) in [6.07, 6.45) is 3.84. The predicted molar refractivity (Wildman–Crippen MR) is 127 cm³/mol. The summed E-state index contributed by atoms with van der Waals surface area (Å²) in [6.45, 7) is 8.59. The number of rotatable bonds is 9. The summed E-state index contributed by atoms with van der Waals surface area (Å²) in [5.74, 6) is 3.11. The summed E-state index contributed by atoms with van der Waals surface area (Å²) < 4.78 is 10.7. The van der Waals surface area contributed by atoms with E-state index in [0.717, 1.165) is 29.6 Å². The van der Waals surface area contributed by atoms with E-state index in [9.17, 15) is 0 Å². The Labute approximate surface area is 187 Å². The summed E-state index contributed by atoms with van der Waals surface area (Å²) in [4.78, 5) is 7.00.